The number of nitrogen functional groups attached to an aromatic ring is 1. The zero-order valence-electron chi connectivity index (χ0n) is 5.29. The van der Waals surface area contributed by atoms with Crippen LogP contribution in [0.4, 0.5) is 5.13 Å². The zero-order valence-corrected chi connectivity index (χ0v) is 6.10. The molecule has 1 rings (SSSR count). The molecule has 0 amide bonds. The van der Waals surface area contributed by atoms with E-state index in [1.54, 1.807) is 0 Å². The van der Waals surface area contributed by atoms with E-state index in [-0.39, 0.29) is 0 Å². The summed E-state index contributed by atoms with van der Waals surface area (Å²) in [6.07, 6.45) is 0. The van der Waals surface area contributed by atoms with Crippen molar-refractivity contribution in [3.63, 3.8) is 0 Å². The summed E-state index contributed by atoms with van der Waals surface area (Å²) in [5.74, 6) is 0.310. The number of ether oxygens (including phenoxy) is 1. The van der Waals surface area contributed by atoms with E-state index in [1.807, 2.05) is 6.07 Å². The van der Waals surface area contributed by atoms with Crippen LogP contribution in [-0.2, 0) is 0 Å². The average Bonchev–Trinajstić information content (AvgIpc) is 2.30. The van der Waals surface area contributed by atoms with Crippen LogP contribution in [0.5, 0.6) is 5.88 Å². The van der Waals surface area contributed by atoms with E-state index in [0.29, 0.717) is 15.9 Å². The zero-order chi connectivity index (χ0) is 7.56. The molecule has 2 N–H and O–H groups in total. The fourth-order valence-electron chi connectivity index (χ4n) is 0.531. The summed E-state index contributed by atoms with van der Waals surface area (Å²) < 4.78 is 4.75. The number of anilines is 1. The highest BCUT2D eigenvalue weighted by Gasteiger charge is 2.07. The number of thiazole rings is 1. The number of aromatic nitrogens is 1. The Kier molecular flexibility index (Phi) is 1.73. The van der Waals surface area contributed by atoms with Crippen LogP contribution in [0.1, 0.15) is 4.88 Å². The Morgan fingerprint density at radius 2 is 2.50 bits per heavy atom. The van der Waals surface area contributed by atoms with Crippen LogP contribution in [-0.4, -0.2) is 12.1 Å². The summed E-state index contributed by atoms with van der Waals surface area (Å²) in [5.41, 5.74) is 5.31. The maximum absolute atomic E-state index is 8.45. The fraction of sp³-hybridized carbons (Fsp3) is 0.200. The molecule has 0 saturated carbocycles. The average molecular weight is 155 g/mol. The Bertz CT molecular complexity index is 275. The minimum absolute atomic E-state index is 0.310. The smallest absolute Gasteiger partial charge is 0.244 e. The van der Waals surface area contributed by atoms with Crippen LogP contribution in [0.2, 0.25) is 0 Å². The third-order valence-electron chi connectivity index (χ3n) is 0.908. The van der Waals surface area contributed by atoms with Gasteiger partial charge >= 0.3 is 0 Å². The van der Waals surface area contributed by atoms with E-state index in [9.17, 15) is 0 Å². The molecule has 10 heavy (non-hydrogen) atoms. The lowest BCUT2D eigenvalue weighted by molar-refractivity contribution is 0.400. The molecule has 0 bridgehead atoms. The predicted molar refractivity (Wildman–Crippen MR) is 37.8 cm³/mol. The van der Waals surface area contributed by atoms with E-state index in [2.05, 4.69) is 4.98 Å². The van der Waals surface area contributed by atoms with Crippen LogP contribution >= 0.6 is 11.3 Å². The minimum atomic E-state index is 0.310. The summed E-state index contributed by atoms with van der Waals surface area (Å²) in [4.78, 5) is 4.17. The summed E-state index contributed by atoms with van der Waals surface area (Å²) in [6, 6.07) is 1.92. The second-order valence-electron chi connectivity index (χ2n) is 1.50. The first-order chi connectivity index (χ1) is 4.77. The highest BCUT2D eigenvalue weighted by Crippen LogP contribution is 2.24. The Morgan fingerprint density at radius 1 is 1.80 bits per heavy atom. The highest BCUT2D eigenvalue weighted by molar-refractivity contribution is 7.16. The van der Waals surface area contributed by atoms with Crippen molar-refractivity contribution in [1.82, 2.24) is 4.98 Å². The van der Waals surface area contributed by atoms with E-state index < -0.39 is 0 Å². The fourth-order valence-corrected chi connectivity index (χ4v) is 1.13. The number of nitriles is 1. The van der Waals surface area contributed by atoms with Gasteiger partial charge in [0.05, 0.1) is 7.11 Å². The molecule has 0 spiro atoms. The molecule has 0 fully saturated rings. The van der Waals surface area contributed by atoms with Gasteiger partial charge in [-0.1, -0.05) is 11.3 Å². The van der Waals surface area contributed by atoms with Crippen LogP contribution in [0.25, 0.3) is 0 Å². The Labute approximate surface area is 61.9 Å². The number of hydrogen-bond acceptors (Lipinski definition) is 5. The molecule has 1 aromatic heterocycles. The van der Waals surface area contributed by atoms with Gasteiger partial charge in [-0.3, -0.25) is 0 Å². The van der Waals surface area contributed by atoms with Crippen LogP contribution in [0.3, 0.4) is 0 Å². The summed E-state index contributed by atoms with van der Waals surface area (Å²) >= 11 is 1.12. The second-order valence-corrected chi connectivity index (χ2v) is 2.53. The number of nitrogens with zero attached hydrogens (tertiary/aromatic N) is 2. The number of rotatable bonds is 1. The van der Waals surface area contributed by atoms with E-state index in [0.717, 1.165) is 11.3 Å². The van der Waals surface area contributed by atoms with Gasteiger partial charge in [-0.15, -0.1) is 0 Å². The van der Waals surface area contributed by atoms with Gasteiger partial charge in [0.15, 0.2) is 10.0 Å². The molecule has 0 radical (unpaired) electrons. The molecule has 0 atom stereocenters. The summed E-state index contributed by atoms with van der Waals surface area (Å²) in [7, 11) is 1.45. The lowest BCUT2D eigenvalue weighted by atomic mass is 10.6. The lowest BCUT2D eigenvalue weighted by Crippen LogP contribution is -1.85. The minimum Gasteiger partial charge on any atom is -0.479 e. The topological polar surface area (TPSA) is 71.9 Å². The van der Waals surface area contributed by atoms with Crippen molar-refractivity contribution in [2.24, 2.45) is 0 Å². The van der Waals surface area contributed by atoms with Crippen LogP contribution in [0.15, 0.2) is 0 Å². The van der Waals surface area contributed by atoms with Gasteiger partial charge in [0.25, 0.3) is 0 Å². The molecule has 1 heterocycles. The van der Waals surface area contributed by atoms with Gasteiger partial charge in [-0.25, -0.2) is 0 Å². The van der Waals surface area contributed by atoms with Gasteiger partial charge in [0.1, 0.15) is 6.07 Å². The van der Waals surface area contributed by atoms with Crippen molar-refractivity contribution in [3.8, 4) is 11.9 Å². The standard InChI is InChI=1S/C5H5N3OS/c1-9-4-3(2-6)10-5(7)8-4/h1H3,(H2,7,8). The van der Waals surface area contributed by atoms with E-state index in [1.165, 1.54) is 7.11 Å². The maximum atomic E-state index is 8.45. The number of hydrogen-bond donors (Lipinski definition) is 1. The molecule has 1 aromatic rings. The van der Waals surface area contributed by atoms with Gasteiger partial charge in [-0.2, -0.15) is 10.2 Å². The first kappa shape index (κ1) is 6.83. The summed E-state index contributed by atoms with van der Waals surface area (Å²) in [5, 5.41) is 8.80. The third kappa shape index (κ3) is 1.01. The first-order valence-electron chi connectivity index (χ1n) is 2.48. The van der Waals surface area contributed by atoms with E-state index in [4.69, 9.17) is 15.7 Å². The number of nitrogens with two attached hydrogens (primary N) is 1. The third-order valence-corrected chi connectivity index (χ3v) is 1.68. The molecule has 0 unspecified atom stereocenters. The molecule has 4 nitrogen and oxygen atoms in total. The Hall–Kier alpha value is -1.28. The van der Waals surface area contributed by atoms with Crippen molar-refractivity contribution in [3.05, 3.63) is 4.88 Å². The molecule has 0 aliphatic carbocycles. The van der Waals surface area contributed by atoms with E-state index >= 15 is 0 Å². The molecular weight excluding hydrogens is 150 g/mol. The Balaban J connectivity index is 3.12. The van der Waals surface area contributed by atoms with Crippen molar-refractivity contribution < 1.29 is 4.74 Å². The van der Waals surface area contributed by atoms with Gasteiger partial charge in [-0.05, 0) is 0 Å². The van der Waals surface area contributed by atoms with Crippen molar-refractivity contribution in [2.45, 2.75) is 0 Å². The Morgan fingerprint density at radius 3 is 2.90 bits per heavy atom. The van der Waals surface area contributed by atoms with Gasteiger partial charge in [0.2, 0.25) is 5.88 Å². The monoisotopic (exact) mass is 155 g/mol. The van der Waals surface area contributed by atoms with Crippen molar-refractivity contribution >= 4 is 16.5 Å². The van der Waals surface area contributed by atoms with Crippen molar-refractivity contribution in [2.75, 3.05) is 12.8 Å². The number of methoxy groups -OCH3 is 1. The maximum Gasteiger partial charge on any atom is 0.244 e. The van der Waals surface area contributed by atoms with Crippen molar-refractivity contribution in [1.29, 1.82) is 5.26 Å². The molecule has 0 saturated heterocycles. The normalized spacial score (nSPS) is 8.80. The molecule has 0 aromatic carbocycles. The lowest BCUT2D eigenvalue weighted by Gasteiger charge is -1.88. The first-order valence-corrected chi connectivity index (χ1v) is 3.30. The molecule has 5 heteroatoms. The second kappa shape index (κ2) is 2.54. The molecule has 0 aliphatic rings. The van der Waals surface area contributed by atoms with Gasteiger partial charge < -0.3 is 10.5 Å². The largest absolute Gasteiger partial charge is 0.479 e. The summed E-state index contributed by atoms with van der Waals surface area (Å²) in [6.45, 7) is 0. The molecule has 52 valence electrons. The molecular formula is C5H5N3OS. The SMILES string of the molecule is COc1nc(N)sc1C#N. The highest BCUT2D eigenvalue weighted by atomic mass is 32.1. The van der Waals surface area contributed by atoms with Gasteiger partial charge in [0, 0.05) is 0 Å². The van der Waals surface area contributed by atoms with Crippen LogP contribution in [0, 0.1) is 11.3 Å². The quantitative estimate of drug-likeness (QED) is 0.644. The van der Waals surface area contributed by atoms with Crippen LogP contribution < -0.4 is 10.5 Å². The predicted octanol–water partition coefficient (Wildman–Crippen LogP) is 0.606. The molecule has 0 aliphatic heterocycles.